The minimum atomic E-state index is -0.336. The second kappa shape index (κ2) is 6.04. The summed E-state index contributed by atoms with van der Waals surface area (Å²) in [6.07, 6.45) is 1.87. The number of rotatable bonds is 2. The third kappa shape index (κ3) is 2.59. The van der Waals surface area contributed by atoms with Gasteiger partial charge in [0, 0.05) is 20.7 Å². The molecule has 3 aromatic rings. The van der Waals surface area contributed by atoms with Gasteiger partial charge >= 0.3 is 5.97 Å². The Morgan fingerprint density at radius 1 is 1.14 bits per heavy atom. The fourth-order valence-electron chi connectivity index (χ4n) is 2.50. The molecule has 0 fully saturated rings. The molecule has 0 aliphatic rings. The van der Waals surface area contributed by atoms with Crippen molar-refractivity contribution in [1.29, 1.82) is 0 Å². The van der Waals surface area contributed by atoms with Gasteiger partial charge in [-0.2, -0.15) is 0 Å². The number of ether oxygens (including phenoxy) is 1. The van der Waals surface area contributed by atoms with Gasteiger partial charge in [0.25, 0.3) is 0 Å². The highest BCUT2D eigenvalue weighted by molar-refractivity contribution is 14.1. The number of aryl methyl sites for hydroxylation is 1. The van der Waals surface area contributed by atoms with Gasteiger partial charge in [-0.1, -0.05) is 24.3 Å². The number of aromatic nitrogens is 1. The summed E-state index contributed by atoms with van der Waals surface area (Å²) in [4.78, 5) is 16.4. The van der Waals surface area contributed by atoms with E-state index in [1.807, 2.05) is 49.5 Å². The average Bonchev–Trinajstić information content (AvgIpc) is 2.55. The normalized spacial score (nSPS) is 10.7. The summed E-state index contributed by atoms with van der Waals surface area (Å²) in [5, 5.41) is 2.06. The molecule has 1 aromatic heterocycles. The van der Waals surface area contributed by atoms with Crippen LogP contribution in [0.15, 0.2) is 48.7 Å². The van der Waals surface area contributed by atoms with E-state index in [0.717, 1.165) is 31.2 Å². The lowest BCUT2D eigenvalue weighted by Crippen LogP contribution is -2.01. The van der Waals surface area contributed by atoms with Crippen LogP contribution in [0.4, 0.5) is 0 Å². The molecule has 0 aliphatic carbocycles. The minimum absolute atomic E-state index is 0.336. The molecular weight excluding hydrogens is 389 g/mol. The number of nitrogens with zero attached hydrogens (tertiary/aromatic N) is 1. The first kappa shape index (κ1) is 15.0. The van der Waals surface area contributed by atoms with Crippen LogP contribution in [0.2, 0.25) is 0 Å². The molecule has 2 aromatic carbocycles. The molecule has 3 nitrogen and oxygen atoms in total. The molecule has 3 rings (SSSR count). The third-order valence-corrected chi connectivity index (χ3v) is 4.58. The van der Waals surface area contributed by atoms with Gasteiger partial charge < -0.3 is 4.74 Å². The molecule has 4 heteroatoms. The van der Waals surface area contributed by atoms with E-state index in [1.54, 1.807) is 6.07 Å². The second-order valence-corrected chi connectivity index (χ2v) is 6.18. The summed E-state index contributed by atoms with van der Waals surface area (Å²) in [5.41, 5.74) is 3.57. The maximum Gasteiger partial charge on any atom is 0.337 e. The van der Waals surface area contributed by atoms with Crippen LogP contribution in [-0.4, -0.2) is 18.1 Å². The van der Waals surface area contributed by atoms with Crippen molar-refractivity contribution >= 4 is 39.3 Å². The molecular formula is C18H14INO2. The summed E-state index contributed by atoms with van der Waals surface area (Å²) in [7, 11) is 1.39. The van der Waals surface area contributed by atoms with Gasteiger partial charge in [-0.3, -0.25) is 4.98 Å². The number of benzene rings is 2. The van der Waals surface area contributed by atoms with Crippen LogP contribution in [-0.2, 0) is 4.74 Å². The molecule has 1 heterocycles. The third-order valence-electron chi connectivity index (χ3n) is 3.64. The van der Waals surface area contributed by atoms with E-state index < -0.39 is 0 Å². The van der Waals surface area contributed by atoms with E-state index >= 15 is 0 Å². The van der Waals surface area contributed by atoms with Gasteiger partial charge in [0.15, 0.2) is 0 Å². The van der Waals surface area contributed by atoms with Crippen molar-refractivity contribution < 1.29 is 9.53 Å². The largest absolute Gasteiger partial charge is 0.465 e. The molecule has 0 bridgehead atoms. The second-order valence-electron chi connectivity index (χ2n) is 5.02. The number of hydrogen-bond donors (Lipinski definition) is 0. The highest BCUT2D eigenvalue weighted by Gasteiger charge is 2.13. The summed E-state index contributed by atoms with van der Waals surface area (Å²) >= 11 is 2.30. The lowest BCUT2D eigenvalue weighted by Gasteiger charge is -2.11. The number of fused-ring (bicyclic) bond motifs is 1. The molecule has 0 aliphatic heterocycles. The van der Waals surface area contributed by atoms with E-state index in [2.05, 4.69) is 27.6 Å². The Kier molecular flexibility index (Phi) is 4.11. The van der Waals surface area contributed by atoms with Crippen LogP contribution in [0.3, 0.4) is 0 Å². The Balaban J connectivity index is 2.33. The molecule has 0 saturated heterocycles. The van der Waals surface area contributed by atoms with Gasteiger partial charge in [-0.05, 0) is 58.7 Å². The average molecular weight is 403 g/mol. The topological polar surface area (TPSA) is 39.2 Å². The van der Waals surface area contributed by atoms with Crippen molar-refractivity contribution in [3.8, 4) is 11.3 Å². The Labute approximate surface area is 142 Å². The first-order valence-electron chi connectivity index (χ1n) is 6.84. The van der Waals surface area contributed by atoms with E-state index in [1.165, 1.54) is 7.11 Å². The predicted molar refractivity (Wildman–Crippen MR) is 96.0 cm³/mol. The number of esters is 1. The molecule has 0 radical (unpaired) electrons. The quantitative estimate of drug-likeness (QED) is 0.464. The van der Waals surface area contributed by atoms with Crippen molar-refractivity contribution in [2.24, 2.45) is 0 Å². The smallest absolute Gasteiger partial charge is 0.337 e. The molecule has 0 unspecified atom stereocenters. The Morgan fingerprint density at radius 2 is 1.91 bits per heavy atom. The number of pyridine rings is 1. The zero-order valence-corrected chi connectivity index (χ0v) is 14.4. The van der Waals surface area contributed by atoms with Gasteiger partial charge in [-0.25, -0.2) is 4.79 Å². The van der Waals surface area contributed by atoms with Crippen LogP contribution in [0, 0.1) is 10.5 Å². The lowest BCUT2D eigenvalue weighted by molar-refractivity contribution is 0.0601. The SMILES string of the molecule is COC(=O)c1ccc2c(C)cnc(-c3ccccc3I)c2c1. The predicted octanol–water partition coefficient (Wildman–Crippen LogP) is 4.60. The van der Waals surface area contributed by atoms with Crippen molar-refractivity contribution in [2.75, 3.05) is 7.11 Å². The highest BCUT2D eigenvalue weighted by Crippen LogP contribution is 2.32. The van der Waals surface area contributed by atoms with Gasteiger partial charge in [-0.15, -0.1) is 0 Å². The maximum absolute atomic E-state index is 11.8. The Morgan fingerprint density at radius 3 is 2.64 bits per heavy atom. The standard InChI is InChI=1S/C18H14INO2/c1-11-10-20-17(14-5-3-4-6-16(14)19)15-9-12(18(21)22-2)7-8-13(11)15/h3-10H,1-2H3. The molecule has 110 valence electrons. The summed E-state index contributed by atoms with van der Waals surface area (Å²) < 4.78 is 5.95. The summed E-state index contributed by atoms with van der Waals surface area (Å²) in [5.74, 6) is -0.336. The lowest BCUT2D eigenvalue weighted by atomic mass is 9.99. The van der Waals surface area contributed by atoms with E-state index in [0.29, 0.717) is 5.56 Å². The molecule has 0 saturated carbocycles. The molecule has 22 heavy (non-hydrogen) atoms. The first-order valence-corrected chi connectivity index (χ1v) is 7.92. The number of hydrogen-bond acceptors (Lipinski definition) is 3. The van der Waals surface area contributed by atoms with Crippen LogP contribution < -0.4 is 0 Å². The van der Waals surface area contributed by atoms with E-state index in [-0.39, 0.29) is 5.97 Å². The number of halogens is 1. The van der Waals surface area contributed by atoms with Crippen LogP contribution in [0.25, 0.3) is 22.0 Å². The highest BCUT2D eigenvalue weighted by atomic mass is 127. The maximum atomic E-state index is 11.8. The first-order chi connectivity index (χ1) is 10.6. The van der Waals surface area contributed by atoms with Gasteiger partial charge in [0.1, 0.15) is 0 Å². The van der Waals surface area contributed by atoms with E-state index in [9.17, 15) is 4.79 Å². The van der Waals surface area contributed by atoms with Crippen molar-refractivity contribution in [2.45, 2.75) is 6.92 Å². The number of carbonyl (C=O) groups is 1. The van der Waals surface area contributed by atoms with Crippen molar-refractivity contribution in [3.05, 3.63) is 63.4 Å². The zero-order chi connectivity index (χ0) is 15.7. The van der Waals surface area contributed by atoms with Crippen molar-refractivity contribution in [3.63, 3.8) is 0 Å². The molecule has 0 N–H and O–H groups in total. The van der Waals surface area contributed by atoms with Crippen LogP contribution in [0.1, 0.15) is 15.9 Å². The number of methoxy groups -OCH3 is 1. The minimum Gasteiger partial charge on any atom is -0.465 e. The summed E-state index contributed by atoms with van der Waals surface area (Å²) in [6.45, 7) is 2.02. The fraction of sp³-hybridized carbons (Fsp3) is 0.111. The van der Waals surface area contributed by atoms with Crippen molar-refractivity contribution in [1.82, 2.24) is 4.98 Å². The van der Waals surface area contributed by atoms with Crippen LogP contribution >= 0.6 is 22.6 Å². The summed E-state index contributed by atoms with van der Waals surface area (Å²) in [6, 6.07) is 13.7. The zero-order valence-electron chi connectivity index (χ0n) is 12.3. The molecule has 0 atom stereocenters. The van der Waals surface area contributed by atoms with Gasteiger partial charge in [0.2, 0.25) is 0 Å². The van der Waals surface area contributed by atoms with Gasteiger partial charge in [0.05, 0.1) is 18.4 Å². The fourth-order valence-corrected chi connectivity index (χ4v) is 3.14. The molecule has 0 spiro atoms. The van der Waals surface area contributed by atoms with E-state index in [4.69, 9.17) is 4.74 Å². The Hall–Kier alpha value is -1.95. The van der Waals surface area contributed by atoms with Crippen LogP contribution in [0.5, 0.6) is 0 Å². The molecule has 0 amide bonds. The monoisotopic (exact) mass is 403 g/mol. The number of carbonyl (C=O) groups excluding carboxylic acids is 1. The Bertz CT molecular complexity index is 874.